The molecule has 2 aliphatic rings. The van der Waals surface area contributed by atoms with Crippen molar-refractivity contribution in [1.29, 1.82) is 0 Å². The van der Waals surface area contributed by atoms with Gasteiger partial charge in [-0.25, -0.2) is 0 Å². The van der Waals surface area contributed by atoms with Crippen LogP contribution in [-0.4, -0.2) is 53.4 Å². The van der Waals surface area contributed by atoms with Crippen molar-refractivity contribution in [2.45, 2.75) is 43.3 Å². The number of rotatable bonds is 12. The zero-order valence-corrected chi connectivity index (χ0v) is 30.0. The van der Waals surface area contributed by atoms with E-state index < -0.39 is 17.7 Å². The zero-order valence-electron chi connectivity index (χ0n) is 26.9. The second-order valence-corrected chi connectivity index (χ2v) is 14.6. The summed E-state index contributed by atoms with van der Waals surface area (Å²) >= 11 is 14.9. The number of Topliss-reactive ketones (excluding diaryl/α,β-unsaturated/α-hetero) is 1. The first kappa shape index (κ1) is 34.9. The van der Waals surface area contributed by atoms with Crippen LogP contribution in [0, 0.1) is 5.92 Å². The van der Waals surface area contributed by atoms with Gasteiger partial charge in [-0.2, -0.15) is 0 Å². The smallest absolute Gasteiger partial charge is 0.301 e. The molecule has 14 heteroatoms. The summed E-state index contributed by atoms with van der Waals surface area (Å²) in [4.78, 5) is 29.0. The second kappa shape index (κ2) is 15.3. The number of ketones is 1. The SMILES string of the molecule is CCOc1cc([C@@H]2C(=C(O)c3ccc4c(c3)OCCO4)C(=O)C(=O)N2c2nnc(SCc3ccc(Cl)cc3Cl)s2)ccc1OCCC(C)C. The number of carbonyl (C=O) groups excluding carboxylic acids is 2. The van der Waals surface area contributed by atoms with Crippen molar-refractivity contribution in [1.82, 2.24) is 10.2 Å². The molecule has 1 aromatic heterocycles. The van der Waals surface area contributed by atoms with Crippen LogP contribution in [0.3, 0.4) is 0 Å². The van der Waals surface area contributed by atoms with Crippen LogP contribution in [0.25, 0.3) is 5.76 Å². The average Bonchev–Trinajstić information content (AvgIpc) is 3.65. The van der Waals surface area contributed by atoms with Gasteiger partial charge in [0.25, 0.3) is 5.78 Å². The number of ether oxygens (including phenoxy) is 4. The molecule has 0 radical (unpaired) electrons. The summed E-state index contributed by atoms with van der Waals surface area (Å²) in [5, 5.41) is 21.6. The Hall–Kier alpha value is -3.97. The van der Waals surface area contributed by atoms with E-state index in [1.165, 1.54) is 16.7 Å². The van der Waals surface area contributed by atoms with Crippen molar-refractivity contribution in [3.05, 3.63) is 86.9 Å². The lowest BCUT2D eigenvalue weighted by Gasteiger charge is -2.24. The number of carbonyl (C=O) groups is 2. The van der Waals surface area contributed by atoms with E-state index in [1.807, 2.05) is 13.0 Å². The maximum Gasteiger partial charge on any atom is 0.301 e. The predicted octanol–water partition coefficient (Wildman–Crippen LogP) is 8.36. The standard InChI is InChI=1S/C35H33Cl2N3O7S2/c1-4-44-27-15-20(6-9-25(27)45-12-11-19(2)3)30-29(31(41)21-7-10-26-28(16-21)47-14-13-46-26)32(42)33(43)40(30)34-38-39-35(49-34)48-18-22-5-8-23(36)17-24(22)37/h5-10,15-17,19,30,41H,4,11-14,18H2,1-3H3/t30-/m1/s1. The average molecular weight is 743 g/mol. The Kier molecular flexibility index (Phi) is 10.9. The maximum atomic E-state index is 13.8. The van der Waals surface area contributed by atoms with Crippen LogP contribution in [0.15, 0.2) is 64.5 Å². The highest BCUT2D eigenvalue weighted by Gasteiger charge is 2.48. The minimum atomic E-state index is -1.06. The van der Waals surface area contributed by atoms with Crippen molar-refractivity contribution < 1.29 is 33.6 Å². The second-order valence-electron chi connectivity index (χ2n) is 11.6. The van der Waals surface area contributed by atoms with E-state index >= 15 is 0 Å². The summed E-state index contributed by atoms with van der Waals surface area (Å²) in [6.07, 6.45) is 0.852. The summed E-state index contributed by atoms with van der Waals surface area (Å²) in [5.74, 6) is 0.766. The third-order valence-electron chi connectivity index (χ3n) is 7.76. The predicted molar refractivity (Wildman–Crippen MR) is 191 cm³/mol. The van der Waals surface area contributed by atoms with E-state index in [4.69, 9.17) is 42.1 Å². The van der Waals surface area contributed by atoms with E-state index in [0.29, 0.717) is 86.6 Å². The van der Waals surface area contributed by atoms with Crippen molar-refractivity contribution in [3.8, 4) is 23.0 Å². The Morgan fingerprint density at radius 3 is 2.57 bits per heavy atom. The van der Waals surface area contributed by atoms with Crippen molar-refractivity contribution in [3.63, 3.8) is 0 Å². The number of anilines is 1. The van der Waals surface area contributed by atoms with Gasteiger partial charge in [-0.15, -0.1) is 10.2 Å². The fourth-order valence-corrected chi connectivity index (χ4v) is 7.74. The van der Waals surface area contributed by atoms with Gasteiger partial charge in [-0.05, 0) is 72.9 Å². The molecule has 256 valence electrons. The Labute approximate surface area is 301 Å². The van der Waals surface area contributed by atoms with E-state index in [1.54, 1.807) is 48.5 Å². The Morgan fingerprint density at radius 2 is 1.82 bits per heavy atom. The Balaban J connectivity index is 1.40. The number of amides is 1. The van der Waals surface area contributed by atoms with Gasteiger partial charge in [0.2, 0.25) is 5.13 Å². The fourth-order valence-electron chi connectivity index (χ4n) is 5.31. The molecule has 1 saturated heterocycles. The fraction of sp³-hybridized carbons (Fsp3) is 0.314. The molecule has 3 aromatic carbocycles. The maximum absolute atomic E-state index is 13.8. The molecule has 4 aromatic rings. The number of hydrogen-bond donors (Lipinski definition) is 1. The van der Waals surface area contributed by atoms with Gasteiger partial charge >= 0.3 is 5.91 Å². The summed E-state index contributed by atoms with van der Waals surface area (Å²) in [6.45, 7) is 7.68. The molecule has 1 N–H and O–H groups in total. The Morgan fingerprint density at radius 1 is 1.02 bits per heavy atom. The highest BCUT2D eigenvalue weighted by Crippen LogP contribution is 2.46. The summed E-state index contributed by atoms with van der Waals surface area (Å²) in [7, 11) is 0. The summed E-state index contributed by atoms with van der Waals surface area (Å²) in [5.41, 5.74) is 1.54. The topological polar surface area (TPSA) is 120 Å². The number of aliphatic hydroxyl groups excluding tert-OH is 1. The first-order valence-electron chi connectivity index (χ1n) is 15.6. The normalized spacial score (nSPS) is 16.8. The molecule has 0 aliphatic carbocycles. The van der Waals surface area contributed by atoms with Crippen LogP contribution in [0.5, 0.6) is 23.0 Å². The Bertz CT molecular complexity index is 1920. The zero-order chi connectivity index (χ0) is 34.7. The third-order valence-corrected chi connectivity index (χ3v) is 10.5. The number of hydrogen-bond acceptors (Lipinski definition) is 11. The molecule has 1 amide bonds. The number of thioether (sulfide) groups is 1. The van der Waals surface area contributed by atoms with Gasteiger partial charge in [0.1, 0.15) is 19.0 Å². The van der Waals surface area contributed by atoms with Crippen LogP contribution in [0.2, 0.25) is 10.0 Å². The molecule has 1 fully saturated rings. The molecule has 0 spiro atoms. The molecule has 0 saturated carbocycles. The summed E-state index contributed by atoms with van der Waals surface area (Å²) < 4.78 is 23.9. The molecule has 2 aliphatic heterocycles. The lowest BCUT2D eigenvalue weighted by Crippen LogP contribution is -2.29. The van der Waals surface area contributed by atoms with E-state index in [9.17, 15) is 14.7 Å². The number of fused-ring (bicyclic) bond motifs is 1. The van der Waals surface area contributed by atoms with E-state index in [0.717, 1.165) is 23.3 Å². The van der Waals surface area contributed by atoms with Gasteiger partial charge < -0.3 is 24.1 Å². The van der Waals surface area contributed by atoms with Crippen molar-refractivity contribution in [2.24, 2.45) is 5.92 Å². The minimum absolute atomic E-state index is 0.116. The molecular weight excluding hydrogens is 709 g/mol. The molecule has 6 rings (SSSR count). The molecule has 0 bridgehead atoms. The molecule has 10 nitrogen and oxygen atoms in total. The minimum Gasteiger partial charge on any atom is -0.507 e. The number of nitrogens with zero attached hydrogens (tertiary/aromatic N) is 3. The van der Waals surface area contributed by atoms with Gasteiger partial charge in [0, 0.05) is 21.4 Å². The summed E-state index contributed by atoms with van der Waals surface area (Å²) in [6, 6.07) is 14.3. The van der Waals surface area contributed by atoms with Crippen LogP contribution in [0.4, 0.5) is 5.13 Å². The van der Waals surface area contributed by atoms with Gasteiger partial charge in [-0.3, -0.25) is 14.5 Å². The molecule has 1 atom stereocenters. The highest BCUT2D eigenvalue weighted by atomic mass is 35.5. The number of aliphatic hydroxyl groups is 1. The van der Waals surface area contributed by atoms with Gasteiger partial charge in [-0.1, -0.05) is 72.3 Å². The first-order chi connectivity index (χ1) is 23.6. The van der Waals surface area contributed by atoms with E-state index in [2.05, 4.69) is 24.0 Å². The number of halogens is 2. The van der Waals surface area contributed by atoms with Gasteiger partial charge in [0.05, 0.1) is 24.8 Å². The number of benzene rings is 3. The third kappa shape index (κ3) is 7.62. The van der Waals surface area contributed by atoms with Crippen LogP contribution in [0.1, 0.15) is 49.9 Å². The lowest BCUT2D eigenvalue weighted by molar-refractivity contribution is -0.132. The van der Waals surface area contributed by atoms with Crippen LogP contribution < -0.4 is 23.8 Å². The van der Waals surface area contributed by atoms with Gasteiger partial charge in [0.15, 0.2) is 27.3 Å². The lowest BCUT2D eigenvalue weighted by atomic mass is 9.95. The monoisotopic (exact) mass is 741 g/mol. The number of aromatic nitrogens is 2. The molecule has 49 heavy (non-hydrogen) atoms. The van der Waals surface area contributed by atoms with E-state index in [-0.39, 0.29) is 16.5 Å². The van der Waals surface area contributed by atoms with Crippen LogP contribution >= 0.6 is 46.3 Å². The first-order valence-corrected chi connectivity index (χ1v) is 18.2. The molecule has 3 heterocycles. The molecular formula is C35H33Cl2N3O7S2. The quantitative estimate of drug-likeness (QED) is 0.0499. The van der Waals surface area contributed by atoms with Crippen LogP contribution in [-0.2, 0) is 15.3 Å². The molecule has 0 unspecified atom stereocenters. The largest absolute Gasteiger partial charge is 0.507 e. The highest BCUT2D eigenvalue weighted by molar-refractivity contribution is 8.00. The van der Waals surface area contributed by atoms with Crippen molar-refractivity contribution in [2.75, 3.05) is 31.3 Å². The van der Waals surface area contributed by atoms with Crippen molar-refractivity contribution >= 4 is 68.9 Å².